The van der Waals surface area contributed by atoms with Crippen LogP contribution < -0.4 is 10.5 Å². The van der Waals surface area contributed by atoms with E-state index in [1.807, 2.05) is 18.3 Å². The van der Waals surface area contributed by atoms with E-state index in [4.69, 9.17) is 10.5 Å². The Labute approximate surface area is 94.2 Å². The molecule has 1 saturated carbocycles. The number of rotatable bonds is 2. The van der Waals surface area contributed by atoms with Crippen LogP contribution in [0.5, 0.6) is 5.88 Å². The first-order chi connectivity index (χ1) is 7.73. The molecule has 3 rings (SSSR count). The van der Waals surface area contributed by atoms with E-state index >= 15 is 0 Å². The van der Waals surface area contributed by atoms with Crippen molar-refractivity contribution in [1.29, 1.82) is 0 Å². The molecule has 1 aromatic heterocycles. The summed E-state index contributed by atoms with van der Waals surface area (Å²) in [5.74, 6) is 0.643. The van der Waals surface area contributed by atoms with E-state index in [1.165, 1.54) is 5.56 Å². The minimum absolute atomic E-state index is 0.119. The minimum atomic E-state index is -0.119. The van der Waals surface area contributed by atoms with Crippen LogP contribution in [0, 0.1) is 0 Å². The molecule has 0 bridgehead atoms. The Morgan fingerprint density at radius 3 is 2.88 bits per heavy atom. The molecule has 1 heterocycles. The lowest BCUT2D eigenvalue weighted by Crippen LogP contribution is -2.18. The number of nitrogens with two attached hydrogens (primary N) is 1. The fourth-order valence-electron chi connectivity index (χ4n) is 2.10. The Morgan fingerprint density at radius 1 is 1.38 bits per heavy atom. The molecule has 1 aliphatic carbocycles. The second kappa shape index (κ2) is 3.19. The largest absolute Gasteiger partial charge is 0.481 e. The third-order valence-corrected chi connectivity index (χ3v) is 3.27. The summed E-state index contributed by atoms with van der Waals surface area (Å²) in [6.07, 6.45) is 3.97. The summed E-state index contributed by atoms with van der Waals surface area (Å²) >= 11 is 0. The van der Waals surface area contributed by atoms with E-state index in [9.17, 15) is 0 Å². The summed E-state index contributed by atoms with van der Waals surface area (Å²) in [5, 5.41) is 2.28. The summed E-state index contributed by atoms with van der Waals surface area (Å²) in [7, 11) is 1.63. The SMILES string of the molecule is COc1cc2c(C3(N)CC3)cccc2cn1. The van der Waals surface area contributed by atoms with Crippen LogP contribution in [0.3, 0.4) is 0 Å². The first-order valence-electron chi connectivity index (χ1n) is 5.45. The highest BCUT2D eigenvalue weighted by atomic mass is 16.5. The average Bonchev–Trinajstić information content (AvgIpc) is 3.07. The van der Waals surface area contributed by atoms with Gasteiger partial charge in [0.15, 0.2) is 0 Å². The summed E-state index contributed by atoms with van der Waals surface area (Å²) in [5.41, 5.74) is 7.36. The molecule has 82 valence electrons. The quantitative estimate of drug-likeness (QED) is 0.833. The van der Waals surface area contributed by atoms with E-state index < -0.39 is 0 Å². The third-order valence-electron chi connectivity index (χ3n) is 3.27. The van der Waals surface area contributed by atoms with E-state index in [1.54, 1.807) is 7.11 Å². The fraction of sp³-hybridized carbons (Fsp3) is 0.308. The number of hydrogen-bond donors (Lipinski definition) is 1. The molecule has 16 heavy (non-hydrogen) atoms. The predicted octanol–water partition coefficient (Wildman–Crippen LogP) is 2.19. The van der Waals surface area contributed by atoms with E-state index in [-0.39, 0.29) is 5.54 Å². The van der Waals surface area contributed by atoms with Gasteiger partial charge in [0.25, 0.3) is 0 Å². The van der Waals surface area contributed by atoms with Gasteiger partial charge in [-0.2, -0.15) is 0 Å². The van der Waals surface area contributed by atoms with Crippen LogP contribution in [0.1, 0.15) is 18.4 Å². The fourth-order valence-corrected chi connectivity index (χ4v) is 2.10. The standard InChI is InChI=1S/C13H14N2O/c1-16-12-7-10-9(8-15-12)3-2-4-11(10)13(14)5-6-13/h2-4,7-8H,5-6,14H2,1H3. The van der Waals surface area contributed by atoms with Gasteiger partial charge in [0.2, 0.25) is 5.88 Å². The highest BCUT2D eigenvalue weighted by Crippen LogP contribution is 2.45. The van der Waals surface area contributed by atoms with Gasteiger partial charge in [-0.15, -0.1) is 0 Å². The van der Waals surface area contributed by atoms with Crippen LogP contribution in [-0.2, 0) is 5.54 Å². The monoisotopic (exact) mass is 214 g/mol. The highest BCUT2D eigenvalue weighted by Gasteiger charge is 2.40. The van der Waals surface area contributed by atoms with E-state index in [0.29, 0.717) is 5.88 Å². The van der Waals surface area contributed by atoms with Crippen LogP contribution >= 0.6 is 0 Å². The van der Waals surface area contributed by atoms with Crippen molar-refractivity contribution in [2.24, 2.45) is 5.73 Å². The molecule has 0 amide bonds. The second-order valence-electron chi connectivity index (χ2n) is 4.41. The second-order valence-corrected chi connectivity index (χ2v) is 4.41. The number of ether oxygens (including phenoxy) is 1. The molecule has 1 aliphatic rings. The van der Waals surface area contributed by atoms with Gasteiger partial charge in [0.1, 0.15) is 0 Å². The van der Waals surface area contributed by atoms with Gasteiger partial charge in [-0.3, -0.25) is 0 Å². The average molecular weight is 214 g/mol. The van der Waals surface area contributed by atoms with Gasteiger partial charge < -0.3 is 10.5 Å². The van der Waals surface area contributed by atoms with Gasteiger partial charge in [-0.25, -0.2) is 4.98 Å². The number of fused-ring (bicyclic) bond motifs is 1. The summed E-state index contributed by atoms with van der Waals surface area (Å²) in [6, 6.07) is 8.17. The van der Waals surface area contributed by atoms with Crippen LogP contribution in [0.4, 0.5) is 0 Å². The molecular weight excluding hydrogens is 200 g/mol. The van der Waals surface area contributed by atoms with Crippen LogP contribution in [-0.4, -0.2) is 12.1 Å². The molecule has 0 atom stereocenters. The number of benzene rings is 1. The van der Waals surface area contributed by atoms with Gasteiger partial charge in [0.05, 0.1) is 7.11 Å². The Hall–Kier alpha value is -1.61. The highest BCUT2D eigenvalue weighted by molar-refractivity contribution is 5.87. The molecule has 0 aliphatic heterocycles. The molecular formula is C13H14N2O. The molecule has 0 unspecified atom stereocenters. The summed E-state index contributed by atoms with van der Waals surface area (Å²) < 4.78 is 5.16. The molecule has 2 aromatic rings. The maximum atomic E-state index is 6.26. The molecule has 0 spiro atoms. The Balaban J connectivity index is 2.27. The number of aromatic nitrogens is 1. The van der Waals surface area contributed by atoms with Crippen LogP contribution in [0.15, 0.2) is 30.5 Å². The lowest BCUT2D eigenvalue weighted by molar-refractivity contribution is 0.398. The topological polar surface area (TPSA) is 48.1 Å². The van der Waals surface area contributed by atoms with Crippen molar-refractivity contribution in [3.63, 3.8) is 0 Å². The Kier molecular flexibility index (Phi) is 1.91. The maximum Gasteiger partial charge on any atom is 0.213 e. The molecule has 3 nitrogen and oxygen atoms in total. The summed E-state index contributed by atoms with van der Waals surface area (Å²) in [4.78, 5) is 4.21. The molecule has 0 radical (unpaired) electrons. The first kappa shape index (κ1) is 9.60. The third kappa shape index (κ3) is 1.36. The number of hydrogen-bond acceptors (Lipinski definition) is 3. The number of pyridine rings is 1. The Bertz CT molecular complexity index is 547. The van der Waals surface area contributed by atoms with Crippen molar-refractivity contribution in [3.8, 4) is 5.88 Å². The maximum absolute atomic E-state index is 6.26. The van der Waals surface area contributed by atoms with Crippen molar-refractivity contribution in [2.45, 2.75) is 18.4 Å². The lowest BCUT2D eigenvalue weighted by Gasteiger charge is -2.13. The van der Waals surface area contributed by atoms with E-state index in [2.05, 4.69) is 17.1 Å². The van der Waals surface area contributed by atoms with Crippen molar-refractivity contribution in [1.82, 2.24) is 4.98 Å². The predicted molar refractivity (Wildman–Crippen MR) is 63.4 cm³/mol. The lowest BCUT2D eigenvalue weighted by atomic mass is 9.99. The zero-order chi connectivity index (χ0) is 11.2. The molecule has 1 aromatic carbocycles. The van der Waals surface area contributed by atoms with E-state index in [0.717, 1.165) is 23.6 Å². The molecule has 3 heteroatoms. The number of nitrogens with zero attached hydrogens (tertiary/aromatic N) is 1. The van der Waals surface area contributed by atoms with Crippen molar-refractivity contribution >= 4 is 10.8 Å². The smallest absolute Gasteiger partial charge is 0.213 e. The van der Waals surface area contributed by atoms with Gasteiger partial charge in [-0.1, -0.05) is 18.2 Å². The van der Waals surface area contributed by atoms with Crippen molar-refractivity contribution in [2.75, 3.05) is 7.11 Å². The zero-order valence-electron chi connectivity index (χ0n) is 9.23. The van der Waals surface area contributed by atoms with Crippen molar-refractivity contribution in [3.05, 3.63) is 36.0 Å². The van der Waals surface area contributed by atoms with Crippen LogP contribution in [0.2, 0.25) is 0 Å². The Morgan fingerprint density at radius 2 is 2.19 bits per heavy atom. The van der Waals surface area contributed by atoms with Crippen molar-refractivity contribution < 1.29 is 4.74 Å². The first-order valence-corrected chi connectivity index (χ1v) is 5.45. The van der Waals surface area contributed by atoms with Crippen LogP contribution in [0.25, 0.3) is 10.8 Å². The van der Waals surface area contributed by atoms with Gasteiger partial charge in [-0.05, 0) is 23.8 Å². The minimum Gasteiger partial charge on any atom is -0.481 e. The zero-order valence-corrected chi connectivity index (χ0v) is 9.23. The summed E-state index contributed by atoms with van der Waals surface area (Å²) in [6.45, 7) is 0. The molecule has 0 saturated heterocycles. The normalized spacial score (nSPS) is 17.4. The number of methoxy groups -OCH3 is 1. The van der Waals surface area contributed by atoms with Gasteiger partial charge in [0, 0.05) is 23.2 Å². The van der Waals surface area contributed by atoms with Gasteiger partial charge >= 0.3 is 0 Å². The molecule has 1 fully saturated rings. The molecule has 2 N–H and O–H groups in total.